The minimum atomic E-state index is -0.645. The van der Waals surface area contributed by atoms with Crippen molar-refractivity contribution in [3.05, 3.63) is 53.1 Å². The van der Waals surface area contributed by atoms with Gasteiger partial charge in [-0.2, -0.15) is 0 Å². The first kappa shape index (κ1) is 23.5. The summed E-state index contributed by atoms with van der Waals surface area (Å²) >= 11 is 0. The van der Waals surface area contributed by atoms with Crippen LogP contribution in [0.5, 0.6) is 11.5 Å². The number of ether oxygens (including phenoxy) is 4. The van der Waals surface area contributed by atoms with Crippen LogP contribution in [-0.4, -0.2) is 52.5 Å². The highest BCUT2D eigenvalue weighted by molar-refractivity contribution is 6.03. The van der Waals surface area contributed by atoms with E-state index in [-0.39, 0.29) is 16.8 Å². The summed E-state index contributed by atoms with van der Waals surface area (Å²) in [4.78, 5) is 36.1. The van der Waals surface area contributed by atoms with Gasteiger partial charge in [-0.05, 0) is 49.2 Å². The zero-order valence-electron chi connectivity index (χ0n) is 17.9. The van der Waals surface area contributed by atoms with Crippen molar-refractivity contribution in [2.75, 3.05) is 39.8 Å². The van der Waals surface area contributed by atoms with Crippen LogP contribution in [-0.2, 0) is 15.9 Å². The Bertz CT molecular complexity index is 943. The van der Waals surface area contributed by atoms with Gasteiger partial charge >= 0.3 is 18.0 Å². The molecule has 166 valence electrons. The van der Waals surface area contributed by atoms with E-state index in [1.165, 1.54) is 32.4 Å². The van der Waals surface area contributed by atoms with E-state index < -0.39 is 18.0 Å². The van der Waals surface area contributed by atoms with E-state index in [1.54, 1.807) is 7.11 Å². The highest BCUT2D eigenvalue weighted by Crippen LogP contribution is 2.28. The van der Waals surface area contributed by atoms with Crippen molar-refractivity contribution >= 4 is 23.7 Å². The van der Waals surface area contributed by atoms with Crippen molar-refractivity contribution in [1.82, 2.24) is 5.32 Å². The molecule has 9 nitrogen and oxygen atoms in total. The first-order valence-electron chi connectivity index (χ1n) is 9.58. The van der Waals surface area contributed by atoms with Crippen molar-refractivity contribution < 1.29 is 33.3 Å². The molecular weight excluding hydrogens is 404 g/mol. The predicted octanol–water partition coefficient (Wildman–Crippen LogP) is 3.03. The molecule has 0 aliphatic rings. The number of anilines is 1. The van der Waals surface area contributed by atoms with Crippen LogP contribution in [0.4, 0.5) is 10.5 Å². The number of amides is 2. The second-order valence-corrected chi connectivity index (χ2v) is 6.29. The fraction of sp³-hybridized carbons (Fsp3) is 0.318. The number of nitrogens with one attached hydrogen (secondary N) is 2. The van der Waals surface area contributed by atoms with Crippen molar-refractivity contribution in [3.8, 4) is 11.5 Å². The number of carbonyl (C=O) groups excluding carboxylic acids is 3. The molecule has 0 saturated heterocycles. The Morgan fingerprint density at radius 2 is 1.65 bits per heavy atom. The first-order valence-corrected chi connectivity index (χ1v) is 9.58. The van der Waals surface area contributed by atoms with Gasteiger partial charge in [-0.15, -0.1) is 0 Å². The molecule has 2 aromatic rings. The summed E-state index contributed by atoms with van der Waals surface area (Å²) in [6, 6.07) is 9.18. The summed E-state index contributed by atoms with van der Waals surface area (Å²) in [6.07, 6.45) is 0.544. The molecule has 0 fully saturated rings. The molecule has 2 N–H and O–H groups in total. The SMILES string of the molecule is CCOc1ccc(CCNC(=O)Nc2cc(C(=O)OC)ccc2C(=O)OC)cc1OC. The quantitative estimate of drug-likeness (QED) is 0.588. The molecule has 0 bridgehead atoms. The molecule has 0 atom stereocenters. The van der Waals surface area contributed by atoms with Crippen LogP contribution in [0.15, 0.2) is 36.4 Å². The Morgan fingerprint density at radius 3 is 2.29 bits per heavy atom. The molecule has 0 saturated carbocycles. The zero-order chi connectivity index (χ0) is 22.8. The molecule has 0 aromatic heterocycles. The van der Waals surface area contributed by atoms with E-state index in [0.717, 1.165) is 5.56 Å². The topological polar surface area (TPSA) is 112 Å². The smallest absolute Gasteiger partial charge is 0.339 e. The van der Waals surface area contributed by atoms with E-state index in [2.05, 4.69) is 15.4 Å². The molecule has 0 spiro atoms. The number of benzene rings is 2. The van der Waals surface area contributed by atoms with Crippen LogP contribution in [0.3, 0.4) is 0 Å². The summed E-state index contributed by atoms with van der Waals surface area (Å²) < 4.78 is 20.2. The van der Waals surface area contributed by atoms with Gasteiger partial charge in [-0.1, -0.05) is 6.07 Å². The second kappa shape index (κ2) is 11.4. The largest absolute Gasteiger partial charge is 0.493 e. The third-order valence-electron chi connectivity index (χ3n) is 4.32. The lowest BCUT2D eigenvalue weighted by Gasteiger charge is -2.13. The van der Waals surface area contributed by atoms with Crippen LogP contribution >= 0.6 is 0 Å². The lowest BCUT2D eigenvalue weighted by Crippen LogP contribution is -2.31. The van der Waals surface area contributed by atoms with Crippen LogP contribution in [0.2, 0.25) is 0 Å². The lowest BCUT2D eigenvalue weighted by molar-refractivity contribution is 0.0587. The summed E-state index contributed by atoms with van der Waals surface area (Å²) in [5, 5.41) is 5.29. The minimum absolute atomic E-state index is 0.113. The predicted molar refractivity (Wildman–Crippen MR) is 114 cm³/mol. The van der Waals surface area contributed by atoms with Gasteiger partial charge in [-0.25, -0.2) is 14.4 Å². The van der Waals surface area contributed by atoms with Crippen LogP contribution < -0.4 is 20.1 Å². The molecule has 9 heteroatoms. The molecule has 2 aromatic carbocycles. The molecule has 31 heavy (non-hydrogen) atoms. The van der Waals surface area contributed by atoms with Gasteiger partial charge in [0.25, 0.3) is 0 Å². The van der Waals surface area contributed by atoms with Gasteiger partial charge in [0.1, 0.15) is 0 Å². The number of methoxy groups -OCH3 is 3. The number of rotatable bonds is 9. The lowest BCUT2D eigenvalue weighted by atomic mass is 10.1. The van der Waals surface area contributed by atoms with E-state index >= 15 is 0 Å². The van der Waals surface area contributed by atoms with Crippen molar-refractivity contribution in [2.24, 2.45) is 0 Å². The maximum atomic E-state index is 12.3. The van der Waals surface area contributed by atoms with E-state index in [0.29, 0.717) is 31.1 Å². The summed E-state index contributed by atoms with van der Waals surface area (Å²) in [5.41, 5.74) is 1.38. The number of urea groups is 1. The van der Waals surface area contributed by atoms with Gasteiger partial charge < -0.3 is 29.6 Å². The number of hydrogen-bond acceptors (Lipinski definition) is 7. The third-order valence-corrected chi connectivity index (χ3v) is 4.32. The number of carbonyl (C=O) groups is 3. The van der Waals surface area contributed by atoms with Crippen molar-refractivity contribution in [3.63, 3.8) is 0 Å². The fourth-order valence-corrected chi connectivity index (χ4v) is 2.81. The average Bonchev–Trinajstić information content (AvgIpc) is 2.78. The average molecular weight is 430 g/mol. The Kier molecular flexibility index (Phi) is 8.68. The summed E-state index contributed by atoms with van der Waals surface area (Å²) in [7, 11) is 4.03. The van der Waals surface area contributed by atoms with Crippen molar-refractivity contribution in [1.29, 1.82) is 0 Å². The standard InChI is InChI=1S/C22H26N2O7/c1-5-31-18-9-6-14(12-19(18)28-2)10-11-23-22(27)24-17-13-15(20(25)29-3)7-8-16(17)21(26)30-4/h6-9,12-13H,5,10-11H2,1-4H3,(H2,23,24,27). The maximum absolute atomic E-state index is 12.3. The van der Waals surface area contributed by atoms with Gasteiger partial charge in [0.05, 0.1) is 44.8 Å². The molecule has 0 radical (unpaired) electrons. The van der Waals surface area contributed by atoms with E-state index in [9.17, 15) is 14.4 Å². The summed E-state index contributed by atoms with van der Waals surface area (Å²) in [6.45, 7) is 2.75. The number of hydrogen-bond donors (Lipinski definition) is 2. The Labute approximate surface area is 180 Å². The molecule has 2 amide bonds. The molecule has 0 aliphatic carbocycles. The van der Waals surface area contributed by atoms with Gasteiger partial charge in [0.2, 0.25) is 0 Å². The monoisotopic (exact) mass is 430 g/mol. The zero-order valence-corrected chi connectivity index (χ0v) is 17.9. The van der Waals surface area contributed by atoms with Gasteiger partial charge in [0, 0.05) is 6.54 Å². The Balaban J connectivity index is 2.04. The molecule has 0 unspecified atom stereocenters. The van der Waals surface area contributed by atoms with Crippen LogP contribution in [0.1, 0.15) is 33.2 Å². The number of esters is 2. The van der Waals surface area contributed by atoms with Crippen molar-refractivity contribution in [2.45, 2.75) is 13.3 Å². The molecule has 2 rings (SSSR count). The molecule has 0 heterocycles. The molecular formula is C22H26N2O7. The normalized spacial score (nSPS) is 10.1. The summed E-state index contributed by atoms with van der Waals surface area (Å²) in [5.74, 6) is 0.0314. The van der Waals surface area contributed by atoms with Crippen LogP contribution in [0.25, 0.3) is 0 Å². The Morgan fingerprint density at radius 1 is 0.903 bits per heavy atom. The van der Waals surface area contributed by atoms with Gasteiger partial charge in [-0.3, -0.25) is 0 Å². The maximum Gasteiger partial charge on any atom is 0.339 e. The highest BCUT2D eigenvalue weighted by atomic mass is 16.5. The molecule has 0 aliphatic heterocycles. The second-order valence-electron chi connectivity index (χ2n) is 6.29. The van der Waals surface area contributed by atoms with Crippen LogP contribution in [0, 0.1) is 0 Å². The third kappa shape index (κ3) is 6.36. The Hall–Kier alpha value is -3.75. The minimum Gasteiger partial charge on any atom is -0.493 e. The first-order chi connectivity index (χ1) is 14.9. The van der Waals surface area contributed by atoms with E-state index in [4.69, 9.17) is 14.2 Å². The van der Waals surface area contributed by atoms with Gasteiger partial charge in [0.15, 0.2) is 11.5 Å². The van der Waals surface area contributed by atoms with E-state index in [1.807, 2.05) is 25.1 Å². The highest BCUT2D eigenvalue weighted by Gasteiger charge is 2.17. The fourth-order valence-electron chi connectivity index (χ4n) is 2.81.